The van der Waals surface area contributed by atoms with Crippen LogP contribution < -0.4 is 5.73 Å². The van der Waals surface area contributed by atoms with Crippen molar-refractivity contribution in [1.82, 2.24) is 14.8 Å². The molecule has 0 aliphatic rings. The van der Waals surface area contributed by atoms with Gasteiger partial charge >= 0.3 is 0 Å². The van der Waals surface area contributed by atoms with Gasteiger partial charge in [0.25, 0.3) is 0 Å². The second-order valence-electron chi connectivity index (χ2n) is 2.50. The van der Waals surface area contributed by atoms with Gasteiger partial charge in [-0.2, -0.15) is 4.98 Å². The van der Waals surface area contributed by atoms with Crippen LogP contribution in [0.25, 0.3) is 0 Å². The number of thioether (sulfide) groups is 1. The van der Waals surface area contributed by atoms with E-state index in [1.807, 2.05) is 24.8 Å². The van der Waals surface area contributed by atoms with E-state index in [1.54, 1.807) is 11.8 Å². The Hall–Kier alpha value is -0.710. The molecule has 1 aromatic rings. The van der Waals surface area contributed by atoms with Gasteiger partial charge in [-0.05, 0) is 20.1 Å². The van der Waals surface area contributed by atoms with Crippen LogP contribution in [0.3, 0.4) is 0 Å². The molecular weight excluding hydrogens is 172 g/mol. The van der Waals surface area contributed by atoms with Crippen molar-refractivity contribution in [3.05, 3.63) is 0 Å². The molecule has 1 heterocycles. The molecule has 0 aliphatic carbocycles. The normalized spacial score (nSPS) is 10.0. The molecule has 0 fully saturated rings. The number of nitrogen functional groups attached to an aromatic ring is 1. The number of anilines is 1. The molecule has 0 aromatic carbocycles. The minimum absolute atomic E-state index is 0. The van der Waals surface area contributed by atoms with E-state index >= 15 is 0 Å². The summed E-state index contributed by atoms with van der Waals surface area (Å²) in [5.74, 6) is 0.350. The van der Waals surface area contributed by atoms with Crippen molar-refractivity contribution in [2.45, 2.75) is 32.5 Å². The highest BCUT2D eigenvalue weighted by Crippen LogP contribution is 2.16. The summed E-state index contributed by atoms with van der Waals surface area (Å²) in [6.45, 7) is 4.10. The lowest BCUT2D eigenvalue weighted by atomic mass is 10.4. The lowest BCUT2D eigenvalue weighted by Gasteiger charge is -2.05. The predicted molar refractivity (Wildman–Crippen MR) is 53.3 cm³/mol. The Morgan fingerprint density at radius 2 is 2.08 bits per heavy atom. The Labute approximate surface area is 77.6 Å². The zero-order chi connectivity index (χ0) is 8.43. The van der Waals surface area contributed by atoms with Crippen LogP contribution in [0.2, 0.25) is 0 Å². The quantitative estimate of drug-likeness (QED) is 0.719. The monoisotopic (exact) mass is 188 g/mol. The van der Waals surface area contributed by atoms with Gasteiger partial charge in [0, 0.05) is 6.04 Å². The molecule has 0 saturated carbocycles. The molecular formula is C7H16N4S. The zero-order valence-corrected chi connectivity index (χ0v) is 7.72. The van der Waals surface area contributed by atoms with Gasteiger partial charge in [0.1, 0.15) is 0 Å². The summed E-state index contributed by atoms with van der Waals surface area (Å²) in [5, 5.41) is 4.92. The van der Waals surface area contributed by atoms with Crippen LogP contribution in [0, 0.1) is 0 Å². The van der Waals surface area contributed by atoms with Crippen molar-refractivity contribution >= 4 is 17.7 Å². The maximum absolute atomic E-state index is 5.44. The average Bonchev–Trinajstić information content (AvgIpc) is 2.30. The van der Waals surface area contributed by atoms with Crippen LogP contribution in [0.4, 0.5) is 5.95 Å². The zero-order valence-electron chi connectivity index (χ0n) is 6.90. The van der Waals surface area contributed by atoms with E-state index in [0.717, 1.165) is 5.16 Å². The van der Waals surface area contributed by atoms with Crippen LogP contribution in [0.15, 0.2) is 5.16 Å². The Morgan fingerprint density at radius 1 is 1.50 bits per heavy atom. The van der Waals surface area contributed by atoms with Gasteiger partial charge in [0.15, 0.2) is 5.16 Å². The molecule has 1 aromatic heterocycles. The third-order valence-corrected chi connectivity index (χ3v) is 1.93. The molecule has 1 rings (SSSR count). The van der Waals surface area contributed by atoms with E-state index in [1.165, 1.54) is 0 Å². The Kier molecular flexibility index (Phi) is 4.09. The molecule has 0 unspecified atom stereocenters. The molecule has 0 amide bonds. The van der Waals surface area contributed by atoms with Gasteiger partial charge in [-0.25, -0.2) is 4.68 Å². The van der Waals surface area contributed by atoms with Crippen LogP contribution >= 0.6 is 11.8 Å². The van der Waals surface area contributed by atoms with Gasteiger partial charge in [-0.3, -0.25) is 0 Å². The van der Waals surface area contributed by atoms with Crippen LogP contribution in [-0.2, 0) is 0 Å². The largest absolute Gasteiger partial charge is 0.366 e. The number of hydrogen-bond donors (Lipinski definition) is 1. The number of aromatic nitrogens is 3. The molecule has 12 heavy (non-hydrogen) atoms. The first-order valence-electron chi connectivity index (χ1n) is 3.41. The molecule has 0 radical (unpaired) electrons. The number of hydrogen-bond acceptors (Lipinski definition) is 4. The van der Waals surface area contributed by atoms with Gasteiger partial charge in [-0.1, -0.05) is 19.2 Å². The molecule has 0 atom stereocenters. The molecule has 4 nitrogen and oxygen atoms in total. The summed E-state index contributed by atoms with van der Waals surface area (Å²) in [7, 11) is 0. The highest BCUT2D eigenvalue weighted by molar-refractivity contribution is 7.98. The number of rotatable bonds is 2. The number of nitrogens with two attached hydrogens (primary N) is 1. The fraction of sp³-hybridized carbons (Fsp3) is 0.714. The van der Waals surface area contributed by atoms with Crippen molar-refractivity contribution in [2.24, 2.45) is 0 Å². The first-order valence-corrected chi connectivity index (χ1v) is 4.63. The smallest absolute Gasteiger partial charge is 0.240 e. The van der Waals surface area contributed by atoms with Crippen molar-refractivity contribution in [1.29, 1.82) is 0 Å². The minimum Gasteiger partial charge on any atom is -0.366 e. The highest BCUT2D eigenvalue weighted by Gasteiger charge is 2.08. The van der Waals surface area contributed by atoms with E-state index in [2.05, 4.69) is 10.1 Å². The van der Waals surface area contributed by atoms with Crippen molar-refractivity contribution in [3.8, 4) is 0 Å². The third kappa shape index (κ3) is 2.14. The first-order chi connectivity index (χ1) is 5.15. The van der Waals surface area contributed by atoms with Crippen molar-refractivity contribution < 1.29 is 0 Å². The fourth-order valence-corrected chi connectivity index (χ4v) is 1.42. The third-order valence-electron chi connectivity index (χ3n) is 1.29. The first kappa shape index (κ1) is 11.3. The Balaban J connectivity index is 0.00000121. The van der Waals surface area contributed by atoms with E-state index in [4.69, 9.17) is 5.73 Å². The van der Waals surface area contributed by atoms with E-state index < -0.39 is 0 Å². The second kappa shape index (κ2) is 4.35. The summed E-state index contributed by atoms with van der Waals surface area (Å²) >= 11 is 1.55. The molecule has 0 spiro atoms. The van der Waals surface area contributed by atoms with Crippen LogP contribution in [-0.4, -0.2) is 21.0 Å². The maximum atomic E-state index is 5.44. The van der Waals surface area contributed by atoms with Gasteiger partial charge < -0.3 is 5.73 Å². The second-order valence-corrected chi connectivity index (χ2v) is 3.27. The predicted octanol–water partition coefficient (Wildman–Crippen LogP) is 1.80. The van der Waals surface area contributed by atoms with Gasteiger partial charge in [0.05, 0.1) is 0 Å². The highest BCUT2D eigenvalue weighted by atomic mass is 32.2. The fourth-order valence-electron chi connectivity index (χ4n) is 0.800. The standard InChI is InChI=1S/C6H12N4S.CH4/c1-4(2)10-6(11-3)8-5(7)9-10;/h4H,1-3H3,(H2,7,9);1H4. The molecule has 2 N–H and O–H groups in total. The van der Waals surface area contributed by atoms with E-state index in [0.29, 0.717) is 12.0 Å². The van der Waals surface area contributed by atoms with Crippen molar-refractivity contribution in [2.75, 3.05) is 12.0 Å². The summed E-state index contributed by atoms with van der Waals surface area (Å²) in [6.07, 6.45) is 1.96. The van der Waals surface area contributed by atoms with Gasteiger partial charge in [-0.15, -0.1) is 5.10 Å². The van der Waals surface area contributed by atoms with Crippen LogP contribution in [0.5, 0.6) is 0 Å². The summed E-state index contributed by atoms with van der Waals surface area (Å²) in [5.41, 5.74) is 5.44. The minimum atomic E-state index is 0. The summed E-state index contributed by atoms with van der Waals surface area (Å²) in [6, 6.07) is 0.322. The molecule has 0 saturated heterocycles. The lowest BCUT2D eigenvalue weighted by Crippen LogP contribution is -2.04. The lowest BCUT2D eigenvalue weighted by molar-refractivity contribution is 0.487. The maximum Gasteiger partial charge on any atom is 0.240 e. The molecule has 0 aliphatic heterocycles. The Morgan fingerprint density at radius 3 is 2.42 bits per heavy atom. The van der Waals surface area contributed by atoms with Gasteiger partial charge in [0.2, 0.25) is 5.95 Å². The van der Waals surface area contributed by atoms with E-state index in [9.17, 15) is 0 Å². The van der Waals surface area contributed by atoms with Crippen molar-refractivity contribution in [3.63, 3.8) is 0 Å². The van der Waals surface area contributed by atoms with E-state index in [-0.39, 0.29) is 7.43 Å². The molecule has 0 bridgehead atoms. The topological polar surface area (TPSA) is 56.7 Å². The van der Waals surface area contributed by atoms with Crippen LogP contribution in [0.1, 0.15) is 27.3 Å². The average molecular weight is 188 g/mol. The summed E-state index contributed by atoms with van der Waals surface area (Å²) in [4.78, 5) is 4.04. The summed E-state index contributed by atoms with van der Waals surface area (Å²) < 4.78 is 1.82. The number of nitrogens with zero attached hydrogens (tertiary/aromatic N) is 3. The molecule has 5 heteroatoms. The molecule has 70 valence electrons. The SMILES string of the molecule is C.CSc1nc(N)nn1C(C)C. The Bertz CT molecular complexity index is 244.